The second kappa shape index (κ2) is 6.51. The van der Waals surface area contributed by atoms with Gasteiger partial charge in [0.25, 0.3) is 5.88 Å². The van der Waals surface area contributed by atoms with Gasteiger partial charge in [0.15, 0.2) is 17.1 Å². The zero-order valence-corrected chi connectivity index (χ0v) is 13.9. The number of rotatable bonds is 4. The van der Waals surface area contributed by atoms with Crippen LogP contribution in [0.2, 0.25) is 0 Å². The van der Waals surface area contributed by atoms with Crippen molar-refractivity contribution < 1.29 is 22.3 Å². The zero-order chi connectivity index (χ0) is 18.2. The molecule has 0 amide bonds. The van der Waals surface area contributed by atoms with Crippen LogP contribution in [0.3, 0.4) is 0 Å². The molecule has 3 heterocycles. The normalized spacial score (nSPS) is 13.2. The first-order chi connectivity index (χ1) is 11.8. The van der Waals surface area contributed by atoms with Gasteiger partial charge in [-0.3, -0.25) is 4.40 Å². The Hall–Kier alpha value is -2.36. The van der Waals surface area contributed by atoms with Crippen LogP contribution in [-0.2, 0) is 0 Å². The molecule has 0 saturated carbocycles. The Labute approximate surface area is 144 Å². The molecule has 1 atom stereocenters. The summed E-state index contributed by atoms with van der Waals surface area (Å²) < 4.78 is 58.0. The molecule has 3 aromatic heterocycles. The highest BCUT2D eigenvalue weighted by Crippen LogP contribution is 2.28. The first kappa shape index (κ1) is 17.5. The van der Waals surface area contributed by atoms with Crippen molar-refractivity contribution in [2.45, 2.75) is 24.4 Å². The molecule has 132 valence electrons. The number of aromatic nitrogens is 4. The molecule has 0 bridgehead atoms. The van der Waals surface area contributed by atoms with E-state index in [0.29, 0.717) is 16.4 Å². The van der Waals surface area contributed by atoms with Gasteiger partial charge in [0.2, 0.25) is 0 Å². The van der Waals surface area contributed by atoms with E-state index in [1.807, 2.05) is 6.26 Å². The third kappa shape index (κ3) is 3.53. The molecule has 0 aliphatic carbocycles. The van der Waals surface area contributed by atoms with Crippen molar-refractivity contribution >= 4 is 17.3 Å². The summed E-state index contributed by atoms with van der Waals surface area (Å²) in [7, 11) is 0. The fourth-order valence-electron chi connectivity index (χ4n) is 2.08. The van der Waals surface area contributed by atoms with Crippen molar-refractivity contribution in [2.24, 2.45) is 0 Å². The van der Waals surface area contributed by atoms with E-state index >= 15 is 0 Å². The maximum atomic E-state index is 14.1. The molecule has 0 fully saturated rings. The van der Waals surface area contributed by atoms with E-state index in [1.165, 1.54) is 18.0 Å². The van der Waals surface area contributed by atoms with Crippen LogP contribution in [0.5, 0.6) is 5.88 Å². The van der Waals surface area contributed by atoms with Crippen LogP contribution in [0.25, 0.3) is 16.8 Å². The number of fused-ring (bicyclic) bond motifs is 1. The number of pyridine rings is 1. The summed E-state index contributed by atoms with van der Waals surface area (Å²) >= 11 is 1.38. The van der Waals surface area contributed by atoms with Gasteiger partial charge in [0, 0.05) is 11.8 Å². The summed E-state index contributed by atoms with van der Waals surface area (Å²) in [5.74, 6) is -1.70. The fraction of sp³-hybridized carbons (Fsp3) is 0.267. The van der Waals surface area contributed by atoms with E-state index in [0.717, 1.165) is 18.5 Å². The van der Waals surface area contributed by atoms with E-state index in [2.05, 4.69) is 19.7 Å². The van der Waals surface area contributed by atoms with Crippen molar-refractivity contribution in [3.8, 4) is 17.1 Å². The lowest BCUT2D eigenvalue weighted by molar-refractivity contribution is -0.190. The molecule has 3 rings (SSSR count). The molecule has 0 aliphatic heterocycles. The zero-order valence-electron chi connectivity index (χ0n) is 13.1. The Bertz CT molecular complexity index is 912. The minimum Gasteiger partial charge on any atom is -0.463 e. The highest BCUT2D eigenvalue weighted by Gasteiger charge is 2.38. The fourth-order valence-corrected chi connectivity index (χ4v) is 2.62. The molecule has 0 aromatic carbocycles. The lowest BCUT2D eigenvalue weighted by Crippen LogP contribution is -2.31. The Balaban J connectivity index is 1.95. The molecule has 5 nitrogen and oxygen atoms in total. The van der Waals surface area contributed by atoms with Crippen LogP contribution in [0.15, 0.2) is 36.0 Å². The second-order valence-electron chi connectivity index (χ2n) is 5.13. The van der Waals surface area contributed by atoms with Gasteiger partial charge in [-0.05, 0) is 25.3 Å². The van der Waals surface area contributed by atoms with Crippen molar-refractivity contribution in [2.75, 3.05) is 6.26 Å². The number of imidazole rings is 1. The molecule has 10 heteroatoms. The summed E-state index contributed by atoms with van der Waals surface area (Å²) in [6.45, 7) is 0.787. The van der Waals surface area contributed by atoms with Crippen molar-refractivity contribution in [3.05, 3.63) is 36.7 Å². The Morgan fingerprint density at radius 1 is 1.24 bits per heavy atom. The molecule has 25 heavy (non-hydrogen) atoms. The minimum atomic E-state index is -4.60. The molecule has 3 aromatic rings. The molecule has 0 saturated heterocycles. The van der Waals surface area contributed by atoms with Gasteiger partial charge in [0.05, 0.1) is 17.4 Å². The van der Waals surface area contributed by atoms with Gasteiger partial charge in [-0.15, -0.1) is 0 Å². The van der Waals surface area contributed by atoms with Gasteiger partial charge in [-0.2, -0.15) is 13.2 Å². The van der Waals surface area contributed by atoms with Crippen LogP contribution in [0.1, 0.15) is 6.92 Å². The number of hydrogen-bond donors (Lipinski definition) is 0. The highest BCUT2D eigenvalue weighted by molar-refractivity contribution is 7.98. The van der Waals surface area contributed by atoms with Crippen LogP contribution < -0.4 is 4.74 Å². The Morgan fingerprint density at radius 2 is 2.00 bits per heavy atom. The quantitative estimate of drug-likeness (QED) is 0.394. The lowest BCUT2D eigenvalue weighted by atomic mass is 10.2. The first-order valence-electron chi connectivity index (χ1n) is 7.06. The standard InChI is InChI=1S/C15H12F4N4OS/c1-8(15(17,18)19)24-13-11(16)3-9(5-21-13)12-4-10-6-20-7-23(10)14(22-12)25-2/h3-8H,1-2H3/t8-/m0/s1. The summed E-state index contributed by atoms with van der Waals surface area (Å²) in [5, 5.41) is 0.636. The van der Waals surface area contributed by atoms with Gasteiger partial charge in [0.1, 0.15) is 6.33 Å². The smallest absolute Gasteiger partial charge is 0.425 e. The van der Waals surface area contributed by atoms with Crippen molar-refractivity contribution in [1.82, 2.24) is 19.4 Å². The minimum absolute atomic E-state index is 0.323. The SMILES string of the molecule is CSc1nc(-c2cnc(O[C@@H](C)C(F)(F)F)c(F)c2)cc2cncn12. The van der Waals surface area contributed by atoms with Crippen LogP contribution >= 0.6 is 11.8 Å². The van der Waals surface area contributed by atoms with Gasteiger partial charge < -0.3 is 4.74 Å². The van der Waals surface area contributed by atoms with Crippen LogP contribution in [0.4, 0.5) is 17.6 Å². The molecule has 0 spiro atoms. The van der Waals surface area contributed by atoms with E-state index in [4.69, 9.17) is 0 Å². The van der Waals surface area contributed by atoms with Crippen molar-refractivity contribution in [3.63, 3.8) is 0 Å². The second-order valence-corrected chi connectivity index (χ2v) is 5.90. The number of ether oxygens (including phenoxy) is 1. The molecule has 0 N–H and O–H groups in total. The summed E-state index contributed by atoms with van der Waals surface area (Å²) in [5.41, 5.74) is 1.50. The Morgan fingerprint density at radius 3 is 2.64 bits per heavy atom. The van der Waals surface area contributed by atoms with Crippen LogP contribution in [-0.4, -0.2) is 37.9 Å². The molecule has 0 radical (unpaired) electrons. The highest BCUT2D eigenvalue weighted by atomic mass is 32.2. The molecular weight excluding hydrogens is 360 g/mol. The summed E-state index contributed by atoms with van der Waals surface area (Å²) in [6, 6.07) is 2.73. The maximum Gasteiger partial charge on any atom is 0.425 e. The third-order valence-corrected chi connectivity index (χ3v) is 4.06. The van der Waals surface area contributed by atoms with Gasteiger partial charge in [-0.25, -0.2) is 19.3 Å². The predicted octanol–water partition coefficient (Wildman–Crippen LogP) is 3.98. The number of thioether (sulfide) groups is 1. The first-order valence-corrected chi connectivity index (χ1v) is 8.28. The molecule has 0 aliphatic rings. The van der Waals surface area contributed by atoms with E-state index in [9.17, 15) is 17.6 Å². The number of halogens is 4. The van der Waals surface area contributed by atoms with Crippen molar-refractivity contribution in [1.29, 1.82) is 0 Å². The number of nitrogens with zero attached hydrogens (tertiary/aromatic N) is 4. The van der Waals surface area contributed by atoms with E-state index in [-0.39, 0.29) is 0 Å². The van der Waals surface area contributed by atoms with E-state index in [1.54, 1.807) is 23.0 Å². The predicted molar refractivity (Wildman–Crippen MR) is 84.1 cm³/mol. The lowest BCUT2D eigenvalue weighted by Gasteiger charge is -2.17. The van der Waals surface area contributed by atoms with Gasteiger partial charge >= 0.3 is 6.18 Å². The van der Waals surface area contributed by atoms with E-state index < -0.39 is 24.0 Å². The molecular formula is C15H12F4N4OS. The third-order valence-electron chi connectivity index (χ3n) is 3.41. The number of hydrogen-bond acceptors (Lipinski definition) is 5. The summed E-state index contributed by atoms with van der Waals surface area (Å²) in [6.07, 6.45) is -0.483. The largest absolute Gasteiger partial charge is 0.463 e. The van der Waals surface area contributed by atoms with Crippen LogP contribution in [0, 0.1) is 5.82 Å². The van der Waals surface area contributed by atoms with Gasteiger partial charge in [-0.1, -0.05) is 11.8 Å². The monoisotopic (exact) mass is 372 g/mol. The average Bonchev–Trinajstić information content (AvgIpc) is 3.03. The number of alkyl halides is 3. The molecule has 0 unspecified atom stereocenters. The Kier molecular flexibility index (Phi) is 4.55. The average molecular weight is 372 g/mol. The summed E-state index contributed by atoms with van der Waals surface area (Å²) in [4.78, 5) is 12.1. The maximum absolute atomic E-state index is 14.1. The topological polar surface area (TPSA) is 52.3 Å².